The number of rotatable bonds is 4. The van der Waals surface area contributed by atoms with E-state index in [9.17, 15) is 0 Å². The third kappa shape index (κ3) is 3.45. The second-order valence-corrected chi connectivity index (χ2v) is 7.64. The summed E-state index contributed by atoms with van der Waals surface area (Å²) in [4.78, 5) is 6.02. The summed E-state index contributed by atoms with van der Waals surface area (Å²) in [5, 5.41) is 4.83. The Balaban J connectivity index is 1.33. The molecule has 0 aliphatic carbocycles. The zero-order chi connectivity index (χ0) is 18.9. The summed E-state index contributed by atoms with van der Waals surface area (Å²) in [5.74, 6) is 2.93. The van der Waals surface area contributed by atoms with Gasteiger partial charge in [0.15, 0.2) is 18.0 Å². The van der Waals surface area contributed by atoms with Crippen molar-refractivity contribution in [2.75, 3.05) is 19.8 Å². The zero-order valence-electron chi connectivity index (χ0n) is 15.4. The van der Waals surface area contributed by atoms with Crippen molar-refractivity contribution < 1.29 is 18.9 Å². The van der Waals surface area contributed by atoms with Crippen molar-refractivity contribution in [2.45, 2.75) is 25.4 Å². The predicted octanol–water partition coefficient (Wildman–Crippen LogP) is 3.08. The smallest absolute Gasteiger partial charge is 0.282 e. The van der Waals surface area contributed by atoms with Crippen molar-refractivity contribution >= 4 is 11.6 Å². The molecule has 7 heteroatoms. The van der Waals surface area contributed by atoms with Gasteiger partial charge in [-0.15, -0.1) is 0 Å². The minimum absolute atomic E-state index is 0.390. The van der Waals surface area contributed by atoms with E-state index in [1.165, 1.54) is 16.9 Å². The van der Waals surface area contributed by atoms with Crippen molar-refractivity contribution in [3.8, 4) is 22.9 Å². The molecule has 1 N–H and O–H groups in total. The van der Waals surface area contributed by atoms with Gasteiger partial charge in [0.2, 0.25) is 5.82 Å². The zero-order valence-corrected chi connectivity index (χ0v) is 16.1. The third-order valence-corrected chi connectivity index (χ3v) is 5.65. The molecule has 1 aromatic heterocycles. The number of fused-ring (bicyclic) bond motifs is 1. The molecule has 2 aliphatic rings. The normalized spacial score (nSPS) is 21.0. The second-order valence-electron chi connectivity index (χ2n) is 7.20. The molecule has 2 atom stereocenters. The highest BCUT2D eigenvalue weighted by atomic mass is 35.5. The number of hydrogen-bond acceptors (Lipinski definition) is 5. The predicted molar refractivity (Wildman–Crippen MR) is 104 cm³/mol. The Bertz CT molecular complexity index is 973. The Kier molecular flexibility index (Phi) is 4.66. The average molecular weight is 399 g/mol. The number of quaternary nitrogens is 1. The minimum atomic E-state index is 0.390. The van der Waals surface area contributed by atoms with Gasteiger partial charge in [0.25, 0.3) is 5.89 Å². The van der Waals surface area contributed by atoms with Crippen LogP contribution in [0.5, 0.6) is 11.5 Å². The van der Waals surface area contributed by atoms with Gasteiger partial charge in [0, 0.05) is 29.0 Å². The van der Waals surface area contributed by atoms with Gasteiger partial charge in [-0.3, -0.25) is 0 Å². The Morgan fingerprint density at radius 1 is 1.04 bits per heavy atom. The molecule has 2 aromatic carbocycles. The fraction of sp³-hybridized carbons (Fsp3) is 0.333. The van der Waals surface area contributed by atoms with Gasteiger partial charge in [0.1, 0.15) is 19.3 Å². The number of benzene rings is 2. The van der Waals surface area contributed by atoms with Gasteiger partial charge < -0.3 is 18.9 Å². The minimum Gasteiger partial charge on any atom is -0.486 e. The lowest BCUT2D eigenvalue weighted by Crippen LogP contribution is -3.09. The fourth-order valence-corrected chi connectivity index (χ4v) is 4.17. The van der Waals surface area contributed by atoms with Crippen molar-refractivity contribution in [2.24, 2.45) is 0 Å². The molecular formula is C21H21ClN3O3+. The average Bonchev–Trinajstić information content (AvgIpc) is 3.38. The quantitative estimate of drug-likeness (QED) is 0.731. The summed E-state index contributed by atoms with van der Waals surface area (Å²) in [5.41, 5.74) is 2.17. The highest BCUT2D eigenvalue weighted by Gasteiger charge is 2.32. The van der Waals surface area contributed by atoms with E-state index >= 15 is 0 Å². The van der Waals surface area contributed by atoms with Crippen LogP contribution in [-0.2, 0) is 6.54 Å². The van der Waals surface area contributed by atoms with Gasteiger partial charge in [-0.1, -0.05) is 16.8 Å². The molecular weight excluding hydrogens is 378 g/mol. The fourth-order valence-electron chi connectivity index (χ4n) is 4.04. The van der Waals surface area contributed by atoms with Crippen LogP contribution in [0.25, 0.3) is 11.4 Å². The number of halogens is 1. The van der Waals surface area contributed by atoms with Crippen molar-refractivity contribution in [3.05, 3.63) is 58.9 Å². The summed E-state index contributed by atoms with van der Waals surface area (Å²) >= 11 is 5.95. The van der Waals surface area contributed by atoms with E-state index in [2.05, 4.69) is 22.3 Å². The highest BCUT2D eigenvalue weighted by molar-refractivity contribution is 6.30. The van der Waals surface area contributed by atoms with E-state index in [0.29, 0.717) is 42.5 Å². The first kappa shape index (κ1) is 17.5. The molecule has 5 rings (SSSR count). The molecule has 144 valence electrons. The van der Waals surface area contributed by atoms with Crippen LogP contribution in [0.1, 0.15) is 30.3 Å². The van der Waals surface area contributed by atoms with Crippen molar-refractivity contribution in [1.82, 2.24) is 10.1 Å². The summed E-state index contributed by atoms with van der Waals surface area (Å²) in [6.45, 7) is 3.00. The summed E-state index contributed by atoms with van der Waals surface area (Å²) in [6.07, 6.45) is 2.31. The molecule has 0 radical (unpaired) electrons. The van der Waals surface area contributed by atoms with Crippen LogP contribution in [-0.4, -0.2) is 29.9 Å². The Morgan fingerprint density at radius 3 is 2.71 bits per heavy atom. The third-order valence-electron chi connectivity index (χ3n) is 5.40. The number of aromatic nitrogens is 2. The Hall–Kier alpha value is -2.57. The second kappa shape index (κ2) is 7.45. The molecule has 0 amide bonds. The van der Waals surface area contributed by atoms with E-state index in [1.807, 2.05) is 30.3 Å². The van der Waals surface area contributed by atoms with E-state index in [-0.39, 0.29) is 0 Å². The lowest BCUT2D eigenvalue weighted by Gasteiger charge is -2.23. The molecule has 1 fully saturated rings. The number of ether oxygens (including phenoxy) is 2. The number of nitrogens with one attached hydrogen (secondary N) is 1. The first-order chi connectivity index (χ1) is 13.8. The maximum atomic E-state index is 5.95. The topological polar surface area (TPSA) is 61.8 Å². The summed E-state index contributed by atoms with van der Waals surface area (Å²) < 4.78 is 16.9. The maximum absolute atomic E-state index is 5.95. The van der Waals surface area contributed by atoms with Crippen LogP contribution >= 0.6 is 11.6 Å². The van der Waals surface area contributed by atoms with Gasteiger partial charge in [-0.05, 0) is 42.5 Å². The highest BCUT2D eigenvalue weighted by Crippen LogP contribution is 2.33. The van der Waals surface area contributed by atoms with Crippen LogP contribution in [0, 0.1) is 0 Å². The van der Waals surface area contributed by atoms with E-state index < -0.39 is 0 Å². The Morgan fingerprint density at radius 2 is 1.86 bits per heavy atom. The molecule has 0 bridgehead atoms. The standard InChI is InChI=1S/C21H20ClN3O3/c22-16-6-3-14(4-7-16)21-23-20(28-24-21)13-25-9-1-2-17(25)15-5-8-18-19(12-15)27-11-10-26-18/h3-8,12,17H,1-2,9-11,13H2/p+1/t17-/m0/s1. The Labute approximate surface area is 168 Å². The number of likely N-dealkylation sites (tertiary alicyclic amines) is 1. The summed E-state index contributed by atoms with van der Waals surface area (Å²) in [6, 6.07) is 14.1. The van der Waals surface area contributed by atoms with Crippen LogP contribution < -0.4 is 14.4 Å². The first-order valence-electron chi connectivity index (χ1n) is 9.59. The molecule has 2 aliphatic heterocycles. The van der Waals surface area contributed by atoms with Crippen LogP contribution in [0.2, 0.25) is 5.02 Å². The molecule has 28 heavy (non-hydrogen) atoms. The van der Waals surface area contributed by atoms with Gasteiger partial charge in [0.05, 0.1) is 6.54 Å². The van der Waals surface area contributed by atoms with Crippen LogP contribution in [0.4, 0.5) is 0 Å². The SMILES string of the molecule is Clc1ccc(-c2noc(C[NH+]3CCC[C@H]3c3ccc4c(c3)OCCO4)n2)cc1. The molecule has 3 heterocycles. The monoisotopic (exact) mass is 398 g/mol. The van der Waals surface area contributed by atoms with Crippen molar-refractivity contribution in [1.29, 1.82) is 0 Å². The summed E-state index contributed by atoms with van der Waals surface area (Å²) in [7, 11) is 0. The molecule has 1 saturated heterocycles. The maximum Gasteiger partial charge on any atom is 0.282 e. The first-order valence-corrected chi connectivity index (χ1v) is 9.97. The van der Waals surface area contributed by atoms with E-state index in [4.69, 9.17) is 25.6 Å². The largest absolute Gasteiger partial charge is 0.486 e. The number of hydrogen-bond donors (Lipinski definition) is 1. The molecule has 3 aromatic rings. The van der Waals surface area contributed by atoms with Crippen molar-refractivity contribution in [3.63, 3.8) is 0 Å². The molecule has 0 saturated carbocycles. The lowest BCUT2D eigenvalue weighted by molar-refractivity contribution is -0.933. The van der Waals surface area contributed by atoms with Crippen LogP contribution in [0.15, 0.2) is 47.0 Å². The number of nitrogens with zero attached hydrogens (tertiary/aromatic N) is 2. The van der Waals surface area contributed by atoms with Gasteiger partial charge in [-0.25, -0.2) is 0 Å². The molecule has 1 unspecified atom stereocenters. The molecule has 0 spiro atoms. The van der Waals surface area contributed by atoms with E-state index in [0.717, 1.165) is 30.0 Å². The molecule has 6 nitrogen and oxygen atoms in total. The van der Waals surface area contributed by atoms with Gasteiger partial charge >= 0.3 is 0 Å². The van der Waals surface area contributed by atoms with Gasteiger partial charge in [-0.2, -0.15) is 4.98 Å². The van der Waals surface area contributed by atoms with E-state index in [1.54, 1.807) is 0 Å². The lowest BCUT2D eigenvalue weighted by atomic mass is 10.0. The van der Waals surface area contributed by atoms with Crippen LogP contribution in [0.3, 0.4) is 0 Å².